The Hall–Kier alpha value is -1.23. The van der Waals surface area contributed by atoms with Gasteiger partial charge in [-0.2, -0.15) is 0 Å². The van der Waals surface area contributed by atoms with Crippen molar-refractivity contribution in [1.82, 2.24) is 0 Å². The van der Waals surface area contributed by atoms with E-state index in [0.717, 1.165) is 12.3 Å². The zero-order valence-electron chi connectivity index (χ0n) is 7.06. The van der Waals surface area contributed by atoms with Gasteiger partial charge in [-0.15, -0.1) is 0 Å². The third-order valence-corrected chi connectivity index (χ3v) is 2.32. The van der Waals surface area contributed by atoms with E-state index >= 15 is 0 Å². The molecule has 0 bridgehead atoms. The van der Waals surface area contributed by atoms with Crippen molar-refractivity contribution in [2.75, 3.05) is 6.26 Å². The molecule has 0 spiro atoms. The number of rotatable bonds is 2. The van der Waals surface area contributed by atoms with Crippen LogP contribution in [-0.2, 0) is 15.6 Å². The molecule has 1 rings (SSSR count). The van der Waals surface area contributed by atoms with Gasteiger partial charge in [-0.25, -0.2) is 8.42 Å². The van der Waals surface area contributed by atoms with Crippen LogP contribution >= 0.6 is 0 Å². The zero-order valence-corrected chi connectivity index (χ0v) is 7.87. The number of aromatic hydroxyl groups is 2. The summed E-state index contributed by atoms with van der Waals surface area (Å²) >= 11 is 0. The maximum Gasteiger partial charge on any atom is 0.151 e. The summed E-state index contributed by atoms with van der Waals surface area (Å²) in [5, 5.41) is 18.2. The van der Waals surface area contributed by atoms with Crippen molar-refractivity contribution in [2.24, 2.45) is 0 Å². The summed E-state index contributed by atoms with van der Waals surface area (Å²) in [6.45, 7) is 0. The summed E-state index contributed by atoms with van der Waals surface area (Å²) in [6, 6.07) is 3.83. The van der Waals surface area contributed by atoms with E-state index < -0.39 is 9.84 Å². The molecule has 5 heteroatoms. The maximum atomic E-state index is 10.9. The number of sulfone groups is 1. The quantitative estimate of drug-likeness (QED) is 0.738. The van der Waals surface area contributed by atoms with Gasteiger partial charge in [0.1, 0.15) is 11.5 Å². The van der Waals surface area contributed by atoms with E-state index in [1.165, 1.54) is 12.1 Å². The highest BCUT2D eigenvalue weighted by Crippen LogP contribution is 2.23. The molecule has 0 saturated heterocycles. The van der Waals surface area contributed by atoms with E-state index in [1.807, 2.05) is 0 Å². The van der Waals surface area contributed by atoms with E-state index in [0.29, 0.717) is 5.56 Å². The summed E-state index contributed by atoms with van der Waals surface area (Å²) in [6.07, 6.45) is 1.08. The lowest BCUT2D eigenvalue weighted by molar-refractivity contribution is 0.447. The van der Waals surface area contributed by atoms with Crippen LogP contribution in [0.15, 0.2) is 18.2 Å². The molecular formula is C8H10O4S. The van der Waals surface area contributed by atoms with Crippen LogP contribution in [0.2, 0.25) is 0 Å². The summed E-state index contributed by atoms with van der Waals surface area (Å²) in [5.41, 5.74) is 0.292. The summed E-state index contributed by atoms with van der Waals surface area (Å²) in [5.74, 6) is -0.515. The second-order valence-electron chi connectivity index (χ2n) is 2.88. The largest absolute Gasteiger partial charge is 0.508 e. The Kier molecular flexibility index (Phi) is 2.47. The highest BCUT2D eigenvalue weighted by molar-refractivity contribution is 7.89. The smallest absolute Gasteiger partial charge is 0.151 e. The number of phenolic OH excluding ortho intramolecular Hbond substituents is 2. The highest BCUT2D eigenvalue weighted by Gasteiger charge is 2.08. The Morgan fingerprint density at radius 2 is 1.92 bits per heavy atom. The van der Waals surface area contributed by atoms with Gasteiger partial charge >= 0.3 is 0 Å². The van der Waals surface area contributed by atoms with Gasteiger partial charge in [0.2, 0.25) is 0 Å². The first kappa shape index (κ1) is 9.85. The maximum absolute atomic E-state index is 10.9. The molecule has 0 unspecified atom stereocenters. The molecule has 13 heavy (non-hydrogen) atoms. The molecule has 0 saturated carbocycles. The van der Waals surface area contributed by atoms with Crippen LogP contribution in [0.1, 0.15) is 5.56 Å². The first-order chi connectivity index (χ1) is 5.88. The normalized spacial score (nSPS) is 11.5. The molecule has 72 valence electrons. The Morgan fingerprint density at radius 3 is 2.38 bits per heavy atom. The third kappa shape index (κ3) is 2.95. The van der Waals surface area contributed by atoms with Crippen LogP contribution in [0, 0.1) is 0 Å². The molecule has 0 aliphatic heterocycles. The van der Waals surface area contributed by atoms with Crippen molar-refractivity contribution in [3.8, 4) is 11.5 Å². The molecule has 0 aliphatic rings. The van der Waals surface area contributed by atoms with Crippen LogP contribution < -0.4 is 0 Å². The Bertz CT molecular complexity index is 408. The summed E-state index contributed by atoms with van der Waals surface area (Å²) < 4.78 is 21.7. The fraction of sp³-hybridized carbons (Fsp3) is 0.250. The second-order valence-corrected chi connectivity index (χ2v) is 5.02. The van der Waals surface area contributed by atoms with Gasteiger partial charge in [-0.05, 0) is 6.07 Å². The Labute approximate surface area is 76.4 Å². The summed E-state index contributed by atoms with van der Waals surface area (Å²) in [4.78, 5) is 0. The molecule has 0 amide bonds. The third-order valence-electron chi connectivity index (χ3n) is 1.49. The molecule has 0 aromatic heterocycles. The molecule has 0 fully saturated rings. The molecule has 0 heterocycles. The fourth-order valence-electron chi connectivity index (χ4n) is 0.957. The molecule has 0 radical (unpaired) electrons. The van der Waals surface area contributed by atoms with Crippen LogP contribution in [0.5, 0.6) is 11.5 Å². The minimum absolute atomic E-state index is 0.0882. The van der Waals surface area contributed by atoms with Gasteiger partial charge in [0.25, 0.3) is 0 Å². The second kappa shape index (κ2) is 3.26. The van der Waals surface area contributed by atoms with E-state index in [1.54, 1.807) is 0 Å². The molecular weight excluding hydrogens is 192 g/mol. The van der Waals surface area contributed by atoms with Crippen molar-refractivity contribution < 1.29 is 18.6 Å². The van der Waals surface area contributed by atoms with Crippen molar-refractivity contribution in [3.05, 3.63) is 23.8 Å². The van der Waals surface area contributed by atoms with Crippen molar-refractivity contribution in [1.29, 1.82) is 0 Å². The van der Waals surface area contributed by atoms with Crippen LogP contribution in [-0.4, -0.2) is 24.9 Å². The van der Waals surface area contributed by atoms with Gasteiger partial charge in [0.15, 0.2) is 9.84 Å². The van der Waals surface area contributed by atoms with E-state index in [4.69, 9.17) is 5.11 Å². The molecule has 1 aromatic rings. The fourth-order valence-corrected chi connectivity index (χ4v) is 1.77. The summed E-state index contributed by atoms with van der Waals surface area (Å²) in [7, 11) is -3.15. The predicted molar refractivity (Wildman–Crippen MR) is 48.3 cm³/mol. The first-order valence-corrected chi connectivity index (χ1v) is 5.63. The minimum atomic E-state index is -3.15. The van der Waals surface area contributed by atoms with Crippen LogP contribution in [0.25, 0.3) is 0 Å². The average molecular weight is 202 g/mol. The van der Waals surface area contributed by atoms with Crippen molar-refractivity contribution >= 4 is 9.84 Å². The SMILES string of the molecule is CS(=O)(=O)Cc1ccc(O)cc1O. The lowest BCUT2D eigenvalue weighted by Gasteiger charge is -2.02. The van der Waals surface area contributed by atoms with Gasteiger partial charge in [0.05, 0.1) is 5.75 Å². The highest BCUT2D eigenvalue weighted by atomic mass is 32.2. The van der Waals surface area contributed by atoms with Gasteiger partial charge in [-0.3, -0.25) is 0 Å². The lowest BCUT2D eigenvalue weighted by Crippen LogP contribution is -2.00. The first-order valence-electron chi connectivity index (χ1n) is 3.57. The molecule has 2 N–H and O–H groups in total. The van der Waals surface area contributed by atoms with Crippen LogP contribution in [0.4, 0.5) is 0 Å². The minimum Gasteiger partial charge on any atom is -0.508 e. The van der Waals surface area contributed by atoms with E-state index in [2.05, 4.69) is 0 Å². The van der Waals surface area contributed by atoms with E-state index in [-0.39, 0.29) is 17.3 Å². The monoisotopic (exact) mass is 202 g/mol. The van der Waals surface area contributed by atoms with E-state index in [9.17, 15) is 13.5 Å². The molecule has 0 atom stereocenters. The zero-order chi connectivity index (χ0) is 10.1. The van der Waals surface area contributed by atoms with Gasteiger partial charge in [0, 0.05) is 17.9 Å². The lowest BCUT2D eigenvalue weighted by atomic mass is 10.2. The average Bonchev–Trinajstić information content (AvgIpc) is 1.93. The Morgan fingerprint density at radius 1 is 1.31 bits per heavy atom. The number of phenols is 2. The number of hydrogen-bond donors (Lipinski definition) is 2. The number of hydrogen-bond acceptors (Lipinski definition) is 4. The van der Waals surface area contributed by atoms with Gasteiger partial charge < -0.3 is 10.2 Å². The van der Waals surface area contributed by atoms with Gasteiger partial charge in [-0.1, -0.05) is 6.07 Å². The topological polar surface area (TPSA) is 74.6 Å². The van der Waals surface area contributed by atoms with Crippen molar-refractivity contribution in [3.63, 3.8) is 0 Å². The molecule has 0 aliphatic carbocycles. The predicted octanol–water partition coefficient (Wildman–Crippen LogP) is 0.642. The molecule has 1 aromatic carbocycles. The molecule has 4 nitrogen and oxygen atoms in total. The number of benzene rings is 1. The van der Waals surface area contributed by atoms with Crippen LogP contribution in [0.3, 0.4) is 0 Å². The standard InChI is InChI=1S/C8H10O4S/c1-13(11,12)5-6-2-3-7(9)4-8(6)10/h2-4,9-10H,5H2,1H3. The Balaban J connectivity index is 3.04. The van der Waals surface area contributed by atoms with Crippen molar-refractivity contribution in [2.45, 2.75) is 5.75 Å².